The summed E-state index contributed by atoms with van der Waals surface area (Å²) in [5.74, 6) is 0.723. The summed E-state index contributed by atoms with van der Waals surface area (Å²) in [7, 11) is 1.77. The van der Waals surface area contributed by atoms with Gasteiger partial charge in [0.15, 0.2) is 5.65 Å². The zero-order valence-corrected chi connectivity index (χ0v) is 13.4. The largest absolute Gasteiger partial charge is 0.342 e. The van der Waals surface area contributed by atoms with Crippen LogP contribution in [0.15, 0.2) is 35.3 Å². The lowest BCUT2D eigenvalue weighted by molar-refractivity contribution is 0.496. The Morgan fingerprint density at radius 3 is 2.83 bits per heavy atom. The SMILES string of the molecule is Cn1ncc2c(=O)[nH]c(N3CCC(c4cccc(F)c4)CC3)nc21. The lowest BCUT2D eigenvalue weighted by Gasteiger charge is -2.32. The molecule has 0 aliphatic carbocycles. The maximum atomic E-state index is 13.4. The van der Waals surface area contributed by atoms with Crippen molar-refractivity contribution < 1.29 is 4.39 Å². The molecule has 1 aliphatic rings. The van der Waals surface area contributed by atoms with E-state index in [0.717, 1.165) is 31.5 Å². The molecule has 0 atom stereocenters. The Morgan fingerprint density at radius 1 is 1.29 bits per heavy atom. The average molecular weight is 327 g/mol. The number of rotatable bonds is 2. The molecule has 2 aromatic heterocycles. The minimum Gasteiger partial charge on any atom is -0.342 e. The highest BCUT2D eigenvalue weighted by atomic mass is 19.1. The highest BCUT2D eigenvalue weighted by molar-refractivity contribution is 5.74. The van der Waals surface area contributed by atoms with Crippen molar-refractivity contribution in [2.45, 2.75) is 18.8 Å². The van der Waals surface area contributed by atoms with Crippen molar-refractivity contribution in [2.24, 2.45) is 7.05 Å². The van der Waals surface area contributed by atoms with Crippen LogP contribution in [0.1, 0.15) is 24.3 Å². The number of H-pyrrole nitrogens is 1. The molecule has 3 heterocycles. The minimum atomic E-state index is -0.192. The minimum absolute atomic E-state index is 0.171. The van der Waals surface area contributed by atoms with Crippen molar-refractivity contribution in [3.8, 4) is 0 Å². The van der Waals surface area contributed by atoms with E-state index < -0.39 is 0 Å². The van der Waals surface area contributed by atoms with E-state index in [1.165, 1.54) is 12.3 Å². The molecule has 1 fully saturated rings. The Kier molecular flexibility index (Phi) is 3.55. The molecule has 0 saturated carbocycles. The molecule has 24 heavy (non-hydrogen) atoms. The van der Waals surface area contributed by atoms with Gasteiger partial charge < -0.3 is 4.90 Å². The molecule has 124 valence electrons. The van der Waals surface area contributed by atoms with Crippen LogP contribution in [0.2, 0.25) is 0 Å². The molecule has 0 radical (unpaired) electrons. The standard InChI is InChI=1S/C17H18FN5O/c1-22-15-14(10-19-22)16(24)21-17(20-15)23-7-5-11(6-8-23)12-3-2-4-13(18)9-12/h2-4,9-11H,5-8H2,1H3,(H,20,21,24). The first-order chi connectivity index (χ1) is 11.6. The van der Waals surface area contributed by atoms with E-state index in [2.05, 4.69) is 20.0 Å². The van der Waals surface area contributed by atoms with Gasteiger partial charge in [-0.3, -0.25) is 14.5 Å². The van der Waals surface area contributed by atoms with Gasteiger partial charge in [-0.25, -0.2) is 4.39 Å². The van der Waals surface area contributed by atoms with E-state index in [-0.39, 0.29) is 11.4 Å². The van der Waals surface area contributed by atoms with Crippen LogP contribution in [0.25, 0.3) is 11.0 Å². The van der Waals surface area contributed by atoms with E-state index in [1.807, 2.05) is 6.07 Å². The fourth-order valence-electron chi connectivity index (χ4n) is 3.36. The summed E-state index contributed by atoms with van der Waals surface area (Å²) in [5, 5.41) is 4.58. The number of aryl methyl sites for hydroxylation is 1. The summed E-state index contributed by atoms with van der Waals surface area (Å²) >= 11 is 0. The molecule has 1 saturated heterocycles. The molecule has 1 aromatic carbocycles. The highest BCUT2D eigenvalue weighted by Crippen LogP contribution is 2.29. The molecular formula is C17H18FN5O. The van der Waals surface area contributed by atoms with Gasteiger partial charge in [-0.15, -0.1) is 0 Å². The second-order valence-corrected chi connectivity index (χ2v) is 6.21. The molecule has 0 unspecified atom stereocenters. The average Bonchev–Trinajstić information content (AvgIpc) is 2.97. The number of nitrogens with one attached hydrogen (secondary N) is 1. The number of piperidine rings is 1. The van der Waals surface area contributed by atoms with Crippen LogP contribution in [-0.2, 0) is 7.05 Å². The summed E-state index contributed by atoms with van der Waals surface area (Å²) in [6.45, 7) is 1.54. The highest BCUT2D eigenvalue weighted by Gasteiger charge is 2.23. The Labute approximate surface area is 137 Å². The van der Waals surface area contributed by atoms with Crippen LogP contribution in [-0.4, -0.2) is 32.8 Å². The normalized spacial score (nSPS) is 16.0. The first-order valence-electron chi connectivity index (χ1n) is 8.04. The van der Waals surface area contributed by atoms with Gasteiger partial charge in [0.25, 0.3) is 5.56 Å². The zero-order valence-electron chi connectivity index (χ0n) is 13.4. The number of aromatic amines is 1. The van der Waals surface area contributed by atoms with Crippen LogP contribution in [0.4, 0.5) is 10.3 Å². The van der Waals surface area contributed by atoms with E-state index in [9.17, 15) is 9.18 Å². The monoisotopic (exact) mass is 327 g/mol. The maximum Gasteiger partial charge on any atom is 0.263 e. The van der Waals surface area contributed by atoms with E-state index >= 15 is 0 Å². The van der Waals surface area contributed by atoms with E-state index in [1.54, 1.807) is 23.9 Å². The van der Waals surface area contributed by atoms with Gasteiger partial charge in [0.1, 0.15) is 11.2 Å². The number of halogens is 1. The van der Waals surface area contributed by atoms with Crippen LogP contribution in [0.3, 0.4) is 0 Å². The maximum absolute atomic E-state index is 13.4. The third kappa shape index (κ3) is 2.55. The Bertz CT molecular complexity index is 940. The number of benzene rings is 1. The van der Waals surface area contributed by atoms with Crippen LogP contribution in [0, 0.1) is 5.82 Å². The summed E-state index contributed by atoms with van der Waals surface area (Å²) in [6.07, 6.45) is 3.33. The van der Waals surface area contributed by atoms with Gasteiger partial charge in [-0.05, 0) is 36.5 Å². The van der Waals surface area contributed by atoms with Crippen molar-refractivity contribution in [2.75, 3.05) is 18.0 Å². The summed E-state index contributed by atoms with van der Waals surface area (Å²) in [5.41, 5.74) is 1.45. The molecule has 4 rings (SSSR count). The predicted molar refractivity (Wildman–Crippen MR) is 89.7 cm³/mol. The number of nitrogens with zero attached hydrogens (tertiary/aromatic N) is 4. The van der Waals surface area contributed by atoms with E-state index in [0.29, 0.717) is 22.9 Å². The molecule has 3 aromatic rings. The van der Waals surface area contributed by atoms with Gasteiger partial charge in [0.05, 0.1) is 6.20 Å². The molecule has 0 spiro atoms. The first-order valence-corrected chi connectivity index (χ1v) is 8.04. The smallest absolute Gasteiger partial charge is 0.263 e. The molecule has 7 heteroatoms. The zero-order chi connectivity index (χ0) is 16.7. The lowest BCUT2D eigenvalue weighted by atomic mass is 9.89. The molecule has 6 nitrogen and oxygen atoms in total. The summed E-state index contributed by atoms with van der Waals surface area (Å²) < 4.78 is 15.0. The summed E-state index contributed by atoms with van der Waals surface area (Å²) in [6, 6.07) is 6.82. The van der Waals surface area contributed by atoms with E-state index in [4.69, 9.17) is 0 Å². The molecule has 0 amide bonds. The van der Waals surface area contributed by atoms with Gasteiger partial charge in [-0.2, -0.15) is 10.1 Å². The van der Waals surface area contributed by atoms with Gasteiger partial charge in [0, 0.05) is 20.1 Å². The van der Waals surface area contributed by atoms with Crippen molar-refractivity contribution in [3.63, 3.8) is 0 Å². The van der Waals surface area contributed by atoms with Gasteiger partial charge >= 0.3 is 0 Å². The lowest BCUT2D eigenvalue weighted by Crippen LogP contribution is -2.35. The molecular weight excluding hydrogens is 309 g/mol. The third-order valence-electron chi connectivity index (χ3n) is 4.70. The number of anilines is 1. The fourth-order valence-corrected chi connectivity index (χ4v) is 3.36. The number of hydrogen-bond donors (Lipinski definition) is 1. The van der Waals surface area contributed by atoms with Crippen molar-refractivity contribution in [1.82, 2.24) is 19.7 Å². The topological polar surface area (TPSA) is 66.8 Å². The molecule has 1 aliphatic heterocycles. The molecule has 0 bridgehead atoms. The number of hydrogen-bond acceptors (Lipinski definition) is 4. The number of fused-ring (bicyclic) bond motifs is 1. The van der Waals surface area contributed by atoms with Crippen molar-refractivity contribution in [1.29, 1.82) is 0 Å². The van der Waals surface area contributed by atoms with Crippen molar-refractivity contribution in [3.05, 3.63) is 52.2 Å². The Morgan fingerprint density at radius 2 is 2.08 bits per heavy atom. The molecule has 1 N–H and O–H groups in total. The first kappa shape index (κ1) is 14.9. The second-order valence-electron chi connectivity index (χ2n) is 6.21. The quantitative estimate of drug-likeness (QED) is 0.783. The van der Waals surface area contributed by atoms with Crippen LogP contribution in [0.5, 0.6) is 0 Å². The number of aromatic nitrogens is 4. The summed E-state index contributed by atoms with van der Waals surface area (Å²) in [4.78, 5) is 21.6. The van der Waals surface area contributed by atoms with Crippen molar-refractivity contribution >= 4 is 17.0 Å². The Hall–Kier alpha value is -2.70. The fraction of sp³-hybridized carbons (Fsp3) is 0.353. The second kappa shape index (κ2) is 5.74. The van der Waals surface area contributed by atoms with Crippen LogP contribution >= 0.6 is 0 Å². The van der Waals surface area contributed by atoms with Gasteiger partial charge in [-0.1, -0.05) is 12.1 Å². The predicted octanol–water partition coefficient (Wildman–Crippen LogP) is 2.18. The van der Waals surface area contributed by atoms with Crippen LogP contribution < -0.4 is 10.5 Å². The third-order valence-corrected chi connectivity index (χ3v) is 4.70. The van der Waals surface area contributed by atoms with Gasteiger partial charge in [0.2, 0.25) is 5.95 Å². The Balaban J connectivity index is 1.56.